The molecule has 27 heavy (non-hydrogen) atoms. The Hall–Kier alpha value is -3.03. The zero-order chi connectivity index (χ0) is 20.0. The minimum atomic E-state index is -1.71. The van der Waals surface area contributed by atoms with Crippen LogP contribution in [0.5, 0.6) is 5.75 Å². The van der Waals surface area contributed by atoms with Gasteiger partial charge in [-0.25, -0.2) is 18.0 Å². The monoisotopic (exact) mass is 381 g/mol. The third-order valence-corrected chi connectivity index (χ3v) is 3.61. The summed E-state index contributed by atoms with van der Waals surface area (Å²) in [4.78, 5) is 24.3. The van der Waals surface area contributed by atoms with E-state index in [1.807, 2.05) is 0 Å². The van der Waals surface area contributed by atoms with Gasteiger partial charge in [-0.1, -0.05) is 25.1 Å². The number of ether oxygens (including phenoxy) is 2. The van der Waals surface area contributed by atoms with E-state index in [2.05, 4.69) is 5.32 Å². The van der Waals surface area contributed by atoms with Gasteiger partial charge in [-0.15, -0.1) is 0 Å². The number of rotatable bonds is 7. The van der Waals surface area contributed by atoms with E-state index in [1.54, 1.807) is 37.3 Å². The molecule has 1 amide bonds. The van der Waals surface area contributed by atoms with E-state index < -0.39 is 47.2 Å². The Bertz CT molecular complexity index is 814. The molecule has 5 nitrogen and oxygen atoms in total. The largest absolute Gasteiger partial charge is 0.479 e. The van der Waals surface area contributed by atoms with Crippen molar-refractivity contribution in [1.29, 1.82) is 0 Å². The van der Waals surface area contributed by atoms with Crippen LogP contribution in [-0.2, 0) is 14.3 Å². The lowest BCUT2D eigenvalue weighted by Gasteiger charge is -2.19. The number of amides is 1. The number of halogens is 3. The van der Waals surface area contributed by atoms with Crippen molar-refractivity contribution >= 4 is 17.6 Å². The molecule has 8 heteroatoms. The van der Waals surface area contributed by atoms with Gasteiger partial charge in [0.2, 0.25) is 0 Å². The van der Waals surface area contributed by atoms with Crippen molar-refractivity contribution in [2.24, 2.45) is 0 Å². The molecule has 2 aromatic rings. The average Bonchev–Trinajstić information content (AvgIpc) is 2.67. The third-order valence-electron chi connectivity index (χ3n) is 3.61. The summed E-state index contributed by atoms with van der Waals surface area (Å²) in [7, 11) is 0. The first-order chi connectivity index (χ1) is 12.8. The number of benzene rings is 2. The zero-order valence-corrected chi connectivity index (χ0v) is 14.7. The standard InChI is InChI=1S/C19H18F3NO4/c1-3-15(27-12-7-5-4-6-8-12)19(25)26-11(2)18(24)23-14-10-9-13(20)16(21)17(14)22/h4-11,15H,3H2,1-2H3,(H,23,24)/t11-,15+/m0/s1. The molecule has 2 aromatic carbocycles. The van der Waals surface area contributed by atoms with Crippen LogP contribution in [0.1, 0.15) is 20.3 Å². The second-order valence-corrected chi connectivity index (χ2v) is 5.62. The van der Waals surface area contributed by atoms with Crippen LogP contribution in [0.15, 0.2) is 42.5 Å². The maximum atomic E-state index is 13.6. The highest BCUT2D eigenvalue weighted by Crippen LogP contribution is 2.20. The lowest BCUT2D eigenvalue weighted by atomic mass is 10.2. The molecule has 0 aliphatic heterocycles. The summed E-state index contributed by atoms with van der Waals surface area (Å²) in [5, 5.41) is 2.05. The number of hydrogen-bond donors (Lipinski definition) is 1. The molecule has 0 bridgehead atoms. The molecule has 0 heterocycles. The minimum Gasteiger partial charge on any atom is -0.479 e. The first kappa shape index (κ1) is 20.3. The van der Waals surface area contributed by atoms with Crippen molar-refractivity contribution in [1.82, 2.24) is 0 Å². The number of anilines is 1. The average molecular weight is 381 g/mol. The van der Waals surface area contributed by atoms with Crippen molar-refractivity contribution in [3.63, 3.8) is 0 Å². The van der Waals surface area contributed by atoms with Crippen molar-refractivity contribution < 1.29 is 32.2 Å². The lowest BCUT2D eigenvalue weighted by Crippen LogP contribution is -2.36. The van der Waals surface area contributed by atoms with Gasteiger partial charge in [0.15, 0.2) is 29.7 Å². The van der Waals surface area contributed by atoms with Gasteiger partial charge >= 0.3 is 5.97 Å². The lowest BCUT2D eigenvalue weighted by molar-refractivity contribution is -0.160. The molecule has 0 saturated heterocycles. The van der Waals surface area contributed by atoms with E-state index in [4.69, 9.17) is 9.47 Å². The molecule has 0 aliphatic rings. The molecule has 144 valence electrons. The highest BCUT2D eigenvalue weighted by molar-refractivity contribution is 5.95. The molecule has 2 rings (SSSR count). The molecule has 1 N–H and O–H groups in total. The van der Waals surface area contributed by atoms with Crippen LogP contribution in [0.4, 0.5) is 18.9 Å². The van der Waals surface area contributed by atoms with E-state index in [1.165, 1.54) is 6.92 Å². The maximum absolute atomic E-state index is 13.6. The first-order valence-electron chi connectivity index (χ1n) is 8.20. The molecule has 0 unspecified atom stereocenters. The Labute approximate surface area is 154 Å². The highest BCUT2D eigenvalue weighted by atomic mass is 19.2. The predicted octanol–water partition coefficient (Wildman–Crippen LogP) is 3.83. The fraction of sp³-hybridized carbons (Fsp3) is 0.263. The van der Waals surface area contributed by atoms with Crippen molar-refractivity contribution in [3.05, 3.63) is 59.9 Å². The van der Waals surface area contributed by atoms with Crippen LogP contribution in [0.2, 0.25) is 0 Å². The Balaban J connectivity index is 1.98. The zero-order valence-electron chi connectivity index (χ0n) is 14.7. The summed E-state index contributed by atoms with van der Waals surface area (Å²) >= 11 is 0. The molecule has 0 radical (unpaired) electrons. The molecule has 2 atom stereocenters. The Morgan fingerprint density at radius 2 is 1.70 bits per heavy atom. The molecular formula is C19H18F3NO4. The van der Waals surface area contributed by atoms with Crippen LogP contribution < -0.4 is 10.1 Å². The fourth-order valence-corrected chi connectivity index (χ4v) is 2.12. The minimum absolute atomic E-state index is 0.292. The summed E-state index contributed by atoms with van der Waals surface area (Å²) in [5.41, 5.74) is -0.561. The number of carbonyl (C=O) groups excluding carboxylic acids is 2. The molecule has 0 aromatic heterocycles. The maximum Gasteiger partial charge on any atom is 0.348 e. The Morgan fingerprint density at radius 1 is 1.04 bits per heavy atom. The van der Waals surface area contributed by atoms with E-state index in [0.29, 0.717) is 18.2 Å². The number of carbonyl (C=O) groups is 2. The van der Waals surface area contributed by atoms with Crippen molar-refractivity contribution in [2.75, 3.05) is 5.32 Å². The van der Waals surface area contributed by atoms with Gasteiger partial charge < -0.3 is 14.8 Å². The summed E-state index contributed by atoms with van der Waals surface area (Å²) in [6, 6.07) is 10.1. The van der Waals surface area contributed by atoms with Gasteiger partial charge in [-0.05, 0) is 37.6 Å². The van der Waals surface area contributed by atoms with Crippen molar-refractivity contribution in [3.8, 4) is 5.75 Å². The summed E-state index contributed by atoms with van der Waals surface area (Å²) < 4.78 is 50.3. The van der Waals surface area contributed by atoms with E-state index >= 15 is 0 Å². The molecule has 0 aliphatic carbocycles. The third kappa shape index (κ3) is 5.22. The quantitative estimate of drug-likeness (QED) is 0.585. The van der Waals surface area contributed by atoms with Crippen LogP contribution in [-0.4, -0.2) is 24.1 Å². The Morgan fingerprint density at radius 3 is 2.33 bits per heavy atom. The predicted molar refractivity (Wildman–Crippen MR) is 91.6 cm³/mol. The highest BCUT2D eigenvalue weighted by Gasteiger charge is 2.26. The normalized spacial score (nSPS) is 12.8. The van der Waals surface area contributed by atoms with Gasteiger partial charge in [-0.2, -0.15) is 0 Å². The van der Waals surface area contributed by atoms with Gasteiger partial charge in [-0.3, -0.25) is 4.79 Å². The first-order valence-corrected chi connectivity index (χ1v) is 8.20. The van der Waals surface area contributed by atoms with Crippen LogP contribution in [0, 0.1) is 17.5 Å². The molecule has 0 spiro atoms. The smallest absolute Gasteiger partial charge is 0.348 e. The SMILES string of the molecule is CC[C@@H](Oc1ccccc1)C(=O)O[C@@H](C)C(=O)Nc1ccc(F)c(F)c1F. The second-order valence-electron chi connectivity index (χ2n) is 5.62. The number of hydrogen-bond acceptors (Lipinski definition) is 4. The van der Waals surface area contributed by atoms with Crippen LogP contribution in [0.25, 0.3) is 0 Å². The summed E-state index contributed by atoms with van der Waals surface area (Å²) in [5.74, 6) is -5.85. The van der Waals surface area contributed by atoms with Gasteiger partial charge in [0.05, 0.1) is 5.69 Å². The molecule has 0 saturated carbocycles. The van der Waals surface area contributed by atoms with E-state index in [-0.39, 0.29) is 0 Å². The van der Waals surface area contributed by atoms with E-state index in [9.17, 15) is 22.8 Å². The van der Waals surface area contributed by atoms with Gasteiger partial charge in [0, 0.05) is 0 Å². The van der Waals surface area contributed by atoms with Gasteiger partial charge in [0.1, 0.15) is 5.75 Å². The topological polar surface area (TPSA) is 64.6 Å². The van der Waals surface area contributed by atoms with Gasteiger partial charge in [0.25, 0.3) is 5.91 Å². The number of para-hydroxylation sites is 1. The van der Waals surface area contributed by atoms with Crippen LogP contribution in [0.3, 0.4) is 0 Å². The van der Waals surface area contributed by atoms with Crippen molar-refractivity contribution in [2.45, 2.75) is 32.5 Å². The van der Waals surface area contributed by atoms with Crippen LogP contribution >= 0.6 is 0 Å². The summed E-state index contributed by atoms with van der Waals surface area (Å²) in [6.45, 7) is 2.97. The second kappa shape index (κ2) is 9.07. The molecular weight excluding hydrogens is 363 g/mol. The molecule has 0 fully saturated rings. The van der Waals surface area contributed by atoms with E-state index in [0.717, 1.165) is 6.07 Å². The summed E-state index contributed by atoms with van der Waals surface area (Å²) in [6.07, 6.45) is -1.96. The fourth-order valence-electron chi connectivity index (χ4n) is 2.12. The number of nitrogens with one attached hydrogen (secondary N) is 1. The number of esters is 1. The Kier molecular flexibility index (Phi) is 6.81.